The van der Waals surface area contributed by atoms with Crippen LogP contribution in [0.2, 0.25) is 0 Å². The van der Waals surface area contributed by atoms with E-state index in [9.17, 15) is 0 Å². The van der Waals surface area contributed by atoms with Crippen molar-refractivity contribution in [3.05, 3.63) is 541 Å². The number of nitrogens with zero attached hydrogens (tertiary/aromatic N) is 4. The van der Waals surface area contributed by atoms with Crippen molar-refractivity contribution >= 4 is 99.3 Å². The van der Waals surface area contributed by atoms with Crippen LogP contribution in [0.1, 0.15) is 69.5 Å². The number of anilines is 6. The molecule has 24 aromatic rings. The monoisotopic (exact) mass is 1790 g/mol. The summed E-state index contributed by atoms with van der Waals surface area (Å²) in [6, 6.07) is 180. The summed E-state index contributed by atoms with van der Waals surface area (Å²) in [5.41, 5.74) is 49.1. The van der Waals surface area contributed by atoms with Crippen LogP contribution in [0.4, 0.5) is 34.1 Å². The van der Waals surface area contributed by atoms with Crippen LogP contribution in [0.3, 0.4) is 0 Å². The molecule has 0 atom stereocenters. The number of para-hydroxylation sites is 4. The van der Waals surface area contributed by atoms with Gasteiger partial charge in [-0.3, -0.25) is 0 Å². The van der Waals surface area contributed by atoms with Gasteiger partial charge in [-0.05, 0) is 338 Å². The van der Waals surface area contributed by atoms with Crippen molar-refractivity contribution in [3.8, 4) is 112 Å². The van der Waals surface area contributed by atoms with Crippen molar-refractivity contribution in [1.82, 2.24) is 9.13 Å². The van der Waals surface area contributed by atoms with Crippen LogP contribution in [0, 0.1) is 27.7 Å². The molecule has 0 fully saturated rings. The smallest absolute Gasteiger partial charge is 0.0726 e. The molecule has 0 saturated carbocycles. The van der Waals surface area contributed by atoms with Gasteiger partial charge >= 0.3 is 0 Å². The minimum atomic E-state index is -0.449. The van der Waals surface area contributed by atoms with Gasteiger partial charge in [0, 0.05) is 72.5 Å². The third-order valence-corrected chi connectivity index (χ3v) is 30.5. The SMILES string of the molecule is Cc1cc(-c2ccc3c(c2)c2ccccc2n3-c2ccccc2)ccc1-c1ccc(N(c2ccc(-c3cccc4ccccc34)cc2)c2ccc3c(c2)C(C)(C)c2ccccc2-3)cc1C.Cc1cc(-c2ccc3c(c2)c2ccccc2n3-c2ccccc2)ccc1-c1ccc(N(c2ccc(-c3cccc4ccccc34)cc2)c2ccc3c(c2)C2(c4ccccc4-c4ccccc42)c2ccccc2-3)cc1C. The van der Waals surface area contributed by atoms with Gasteiger partial charge < -0.3 is 18.9 Å². The molecule has 2 aromatic heterocycles. The van der Waals surface area contributed by atoms with Crippen LogP contribution in [0.5, 0.6) is 0 Å². The molecular weight excluding hydrogens is 1690 g/mol. The Morgan fingerprint density at radius 3 is 0.871 bits per heavy atom. The van der Waals surface area contributed by atoms with Crippen LogP contribution < -0.4 is 9.80 Å². The number of fused-ring (bicyclic) bond motifs is 21. The number of hydrogen-bond acceptors (Lipinski definition) is 2. The van der Waals surface area contributed by atoms with Crippen LogP contribution in [-0.2, 0) is 10.8 Å². The Morgan fingerprint density at radius 1 is 0.171 bits per heavy atom. The summed E-state index contributed by atoms with van der Waals surface area (Å²) >= 11 is 0. The molecule has 1 spiro atoms. The largest absolute Gasteiger partial charge is 0.310 e. The van der Waals surface area contributed by atoms with Crippen molar-refractivity contribution in [2.75, 3.05) is 9.80 Å². The number of rotatable bonds is 14. The van der Waals surface area contributed by atoms with Crippen molar-refractivity contribution in [2.24, 2.45) is 0 Å². The maximum Gasteiger partial charge on any atom is 0.0726 e. The Morgan fingerprint density at radius 2 is 0.450 bits per heavy atom. The molecule has 662 valence electrons. The first-order valence-corrected chi connectivity index (χ1v) is 48.9. The fourth-order valence-corrected chi connectivity index (χ4v) is 24.0. The van der Waals surface area contributed by atoms with Gasteiger partial charge in [-0.2, -0.15) is 0 Å². The van der Waals surface area contributed by atoms with E-state index in [4.69, 9.17) is 0 Å². The molecule has 3 aliphatic rings. The lowest BCUT2D eigenvalue weighted by molar-refractivity contribution is 0.660. The molecule has 4 nitrogen and oxygen atoms in total. The van der Waals surface area contributed by atoms with E-state index in [1.807, 2.05) is 0 Å². The molecule has 0 amide bonds. The second-order valence-electron chi connectivity index (χ2n) is 38.7. The molecule has 0 N–H and O–H groups in total. The molecule has 140 heavy (non-hydrogen) atoms. The summed E-state index contributed by atoms with van der Waals surface area (Å²) in [5.74, 6) is 0. The molecule has 2 heterocycles. The standard InChI is InChI=1S/C73H50N2.C63H48N2/c1-47-43-51(52-34-42-72-66(45-52)65-25-11-15-30-71(65)75(72)53-19-4-3-5-20-53)33-39-57(47)58-40-37-55(44-48(58)2)74(54-35-31-50(32-36-54)60-26-16-18-49-17-6-7-21-59(49)60)56-38-41-64-63-24-10-14-29-69(63)73(70(64)46-56)67-27-12-8-22-61(67)62-23-9-13-28-68(62)73;1-41-37-45(46-28-36-62-58(39-46)57-21-11-13-24-61(57)65(62)47-17-6-5-7-18-47)27-33-51(41)52-34-31-49(38-42(52)2)64(50-32-35-56-55-20-10-12-23-59(55)63(3,4)60(56)40-50)48-29-25-44(26-30-48)54-22-14-16-43-15-8-9-19-53(43)54/h3-46H,1-2H3;5-40H,1-4H3. The zero-order chi connectivity index (χ0) is 93.6. The lowest BCUT2D eigenvalue weighted by Gasteiger charge is -2.32. The molecule has 3 aliphatic carbocycles. The molecule has 0 saturated heterocycles. The lowest BCUT2D eigenvalue weighted by Crippen LogP contribution is -2.26. The predicted molar refractivity (Wildman–Crippen MR) is 591 cm³/mol. The summed E-state index contributed by atoms with van der Waals surface area (Å²) in [6.07, 6.45) is 0. The molecule has 27 rings (SSSR count). The Labute approximate surface area is 817 Å². The average molecular weight is 1790 g/mol. The van der Waals surface area contributed by atoms with Crippen molar-refractivity contribution in [3.63, 3.8) is 0 Å². The summed E-state index contributed by atoms with van der Waals surface area (Å²) in [4.78, 5) is 4.90. The molecular formula is C136H98N4. The second kappa shape index (κ2) is 33.2. The number of aromatic nitrogens is 2. The minimum Gasteiger partial charge on any atom is -0.310 e. The summed E-state index contributed by atoms with van der Waals surface area (Å²) in [6.45, 7) is 13.8. The first-order chi connectivity index (χ1) is 68.8. The van der Waals surface area contributed by atoms with Crippen molar-refractivity contribution < 1.29 is 0 Å². The van der Waals surface area contributed by atoms with Gasteiger partial charge in [0.15, 0.2) is 0 Å². The normalized spacial score (nSPS) is 12.8. The van der Waals surface area contributed by atoms with E-state index in [0.717, 1.165) is 34.1 Å². The van der Waals surface area contributed by atoms with Gasteiger partial charge in [-0.1, -0.05) is 366 Å². The molecule has 0 radical (unpaired) electrons. The number of aryl methyl sites for hydroxylation is 4. The van der Waals surface area contributed by atoms with E-state index in [1.165, 1.54) is 232 Å². The highest BCUT2D eigenvalue weighted by atomic mass is 15.1. The summed E-state index contributed by atoms with van der Waals surface area (Å²) in [7, 11) is 0. The maximum atomic E-state index is 2.50. The zero-order valence-corrected chi connectivity index (χ0v) is 79.0. The van der Waals surface area contributed by atoms with E-state index in [2.05, 4.69) is 546 Å². The van der Waals surface area contributed by atoms with Crippen LogP contribution in [0.25, 0.3) is 177 Å². The van der Waals surface area contributed by atoms with E-state index >= 15 is 0 Å². The van der Waals surface area contributed by atoms with Gasteiger partial charge in [0.2, 0.25) is 0 Å². The van der Waals surface area contributed by atoms with Gasteiger partial charge in [-0.25, -0.2) is 0 Å². The Kier molecular flexibility index (Phi) is 19.7. The Balaban J connectivity index is 0.000000146. The third kappa shape index (κ3) is 13.4. The van der Waals surface area contributed by atoms with E-state index in [-0.39, 0.29) is 5.41 Å². The predicted octanol–water partition coefficient (Wildman–Crippen LogP) is 36.7. The van der Waals surface area contributed by atoms with E-state index in [1.54, 1.807) is 0 Å². The Hall–Kier alpha value is -17.4. The number of benzene rings is 22. The first-order valence-electron chi connectivity index (χ1n) is 48.9. The van der Waals surface area contributed by atoms with Crippen LogP contribution in [-0.4, -0.2) is 9.13 Å². The molecule has 0 bridgehead atoms. The topological polar surface area (TPSA) is 16.3 Å². The quantitative estimate of drug-likeness (QED) is 0.108. The second-order valence-corrected chi connectivity index (χ2v) is 38.7. The highest BCUT2D eigenvalue weighted by Gasteiger charge is 2.52. The van der Waals surface area contributed by atoms with Gasteiger partial charge in [0.25, 0.3) is 0 Å². The van der Waals surface area contributed by atoms with E-state index in [0.29, 0.717) is 0 Å². The molecule has 0 aliphatic heterocycles. The van der Waals surface area contributed by atoms with Crippen molar-refractivity contribution in [1.29, 1.82) is 0 Å². The third-order valence-electron chi connectivity index (χ3n) is 30.5. The Bertz CT molecular complexity index is 9070. The minimum absolute atomic E-state index is 0.109. The van der Waals surface area contributed by atoms with Gasteiger partial charge in [0.1, 0.15) is 0 Å². The van der Waals surface area contributed by atoms with E-state index < -0.39 is 5.41 Å². The van der Waals surface area contributed by atoms with Crippen LogP contribution >= 0.6 is 0 Å². The summed E-state index contributed by atoms with van der Waals surface area (Å²) in [5, 5.41) is 10.1. The molecule has 22 aromatic carbocycles. The summed E-state index contributed by atoms with van der Waals surface area (Å²) < 4.78 is 4.76. The molecule has 4 heteroatoms. The average Bonchev–Trinajstić information content (AvgIpc) is 1.50. The highest BCUT2D eigenvalue weighted by molar-refractivity contribution is 6.13. The highest BCUT2D eigenvalue weighted by Crippen LogP contribution is 2.64. The van der Waals surface area contributed by atoms with Crippen molar-refractivity contribution in [2.45, 2.75) is 52.4 Å². The fourth-order valence-electron chi connectivity index (χ4n) is 24.0. The van der Waals surface area contributed by atoms with Crippen LogP contribution in [0.15, 0.2) is 485 Å². The van der Waals surface area contributed by atoms with Gasteiger partial charge in [0.05, 0.1) is 27.5 Å². The van der Waals surface area contributed by atoms with Gasteiger partial charge in [-0.15, -0.1) is 0 Å². The first kappa shape index (κ1) is 83.2. The number of hydrogen-bond donors (Lipinski definition) is 0. The fraction of sp³-hybridized carbons (Fsp3) is 0.0588. The maximum absolute atomic E-state index is 2.50. The molecule has 0 unspecified atom stereocenters. The zero-order valence-electron chi connectivity index (χ0n) is 79.0. The lowest BCUT2D eigenvalue weighted by atomic mass is 9.70.